The minimum absolute atomic E-state index is 0.00983. The first-order valence-electron chi connectivity index (χ1n) is 13.0. The molecule has 11 nitrogen and oxygen atoms in total. The van der Waals surface area contributed by atoms with Crippen LogP contribution in [0.25, 0.3) is 0 Å². The number of sulfonamides is 1. The van der Waals surface area contributed by atoms with Crippen LogP contribution in [-0.2, 0) is 14.8 Å². The normalized spacial score (nSPS) is 14.2. The number of thiazole rings is 1. The van der Waals surface area contributed by atoms with E-state index in [2.05, 4.69) is 20.5 Å². The Morgan fingerprint density at radius 2 is 1.76 bits per heavy atom. The van der Waals surface area contributed by atoms with Gasteiger partial charge in [0, 0.05) is 37.6 Å². The molecular formula is C25H35F3N6O5S2. The standard InChI is InChI=1S/C25H35F3N6O5S2/c1-17-20(41(37,38)30-16-25(26,27)28)40-22(31-17)34(15-7-12-29-23(36)39-24(2,3)4)21(35)32-18-8-10-19(11-9-18)33-13-5-6-14-33/h8-11,30H,5-7,12-16H2,1-4H3,(H,29,36)(H,32,35). The molecule has 0 radical (unpaired) electrons. The minimum atomic E-state index is -4.74. The Hall–Kier alpha value is -3.11. The van der Waals surface area contributed by atoms with Gasteiger partial charge in [0.05, 0.1) is 5.69 Å². The van der Waals surface area contributed by atoms with Crippen molar-refractivity contribution in [1.29, 1.82) is 0 Å². The van der Waals surface area contributed by atoms with E-state index in [0.29, 0.717) is 17.0 Å². The van der Waals surface area contributed by atoms with Crippen molar-refractivity contribution in [2.45, 2.75) is 62.9 Å². The molecule has 2 heterocycles. The molecule has 228 valence electrons. The number of benzene rings is 1. The van der Waals surface area contributed by atoms with E-state index in [1.54, 1.807) is 32.9 Å². The van der Waals surface area contributed by atoms with Gasteiger partial charge in [-0.05, 0) is 71.2 Å². The zero-order valence-electron chi connectivity index (χ0n) is 23.3. The number of urea groups is 1. The second kappa shape index (κ2) is 13.2. The largest absolute Gasteiger partial charge is 0.444 e. The topological polar surface area (TPSA) is 133 Å². The van der Waals surface area contributed by atoms with Gasteiger partial charge >= 0.3 is 18.3 Å². The molecule has 1 aliphatic rings. The van der Waals surface area contributed by atoms with Gasteiger partial charge in [-0.3, -0.25) is 4.90 Å². The zero-order chi connectivity index (χ0) is 30.4. The average molecular weight is 621 g/mol. The van der Waals surface area contributed by atoms with E-state index in [0.717, 1.165) is 31.6 Å². The van der Waals surface area contributed by atoms with Gasteiger partial charge in [-0.25, -0.2) is 27.7 Å². The van der Waals surface area contributed by atoms with Gasteiger partial charge in [0.25, 0.3) is 10.0 Å². The molecule has 0 atom stereocenters. The maximum absolute atomic E-state index is 13.3. The van der Waals surface area contributed by atoms with Crippen LogP contribution in [0.2, 0.25) is 0 Å². The third kappa shape index (κ3) is 10.0. The van der Waals surface area contributed by atoms with Crippen LogP contribution in [-0.4, -0.2) is 70.0 Å². The van der Waals surface area contributed by atoms with Crippen LogP contribution < -0.4 is 25.2 Å². The summed E-state index contributed by atoms with van der Waals surface area (Å²) in [7, 11) is -4.54. The summed E-state index contributed by atoms with van der Waals surface area (Å²) in [5.41, 5.74) is 0.769. The molecule has 1 aliphatic heterocycles. The van der Waals surface area contributed by atoms with Crippen molar-refractivity contribution in [2.24, 2.45) is 0 Å². The molecule has 1 aromatic heterocycles. The van der Waals surface area contributed by atoms with Crippen LogP contribution in [0.15, 0.2) is 28.5 Å². The average Bonchev–Trinajstić information content (AvgIpc) is 3.52. The number of aryl methyl sites for hydroxylation is 1. The third-order valence-electron chi connectivity index (χ3n) is 5.74. The number of anilines is 3. The zero-order valence-corrected chi connectivity index (χ0v) is 24.9. The number of aromatic nitrogens is 1. The highest BCUT2D eigenvalue weighted by Crippen LogP contribution is 2.31. The molecule has 1 aromatic carbocycles. The van der Waals surface area contributed by atoms with E-state index in [9.17, 15) is 31.2 Å². The molecule has 0 unspecified atom stereocenters. The molecular weight excluding hydrogens is 585 g/mol. The van der Waals surface area contributed by atoms with E-state index >= 15 is 0 Å². The fourth-order valence-electron chi connectivity index (χ4n) is 3.92. The van der Waals surface area contributed by atoms with Crippen LogP contribution in [0.4, 0.5) is 39.3 Å². The highest BCUT2D eigenvalue weighted by Gasteiger charge is 2.32. The summed E-state index contributed by atoms with van der Waals surface area (Å²) < 4.78 is 69.3. The molecule has 0 saturated carbocycles. The smallest absolute Gasteiger partial charge is 0.407 e. The second-order valence-electron chi connectivity index (χ2n) is 10.4. The lowest BCUT2D eigenvalue weighted by Crippen LogP contribution is -2.38. The fourth-order valence-corrected chi connectivity index (χ4v) is 6.51. The molecule has 16 heteroatoms. The van der Waals surface area contributed by atoms with Gasteiger partial charge < -0.3 is 20.3 Å². The van der Waals surface area contributed by atoms with Crippen molar-refractivity contribution < 1.29 is 35.9 Å². The number of alkyl halides is 3. The number of carbonyl (C=O) groups excluding carboxylic acids is 2. The van der Waals surface area contributed by atoms with Gasteiger partial charge in [0.1, 0.15) is 12.1 Å². The molecule has 3 rings (SSSR count). The van der Waals surface area contributed by atoms with Crippen molar-refractivity contribution in [3.63, 3.8) is 0 Å². The van der Waals surface area contributed by atoms with Crippen LogP contribution in [0.1, 0.15) is 45.7 Å². The Labute approximate surface area is 241 Å². The third-order valence-corrected chi connectivity index (χ3v) is 8.93. The Morgan fingerprint density at radius 3 is 2.34 bits per heavy atom. The number of carbonyl (C=O) groups is 2. The summed E-state index contributed by atoms with van der Waals surface area (Å²) in [6, 6.07) is 6.65. The summed E-state index contributed by atoms with van der Waals surface area (Å²) in [4.78, 5) is 32.9. The molecule has 41 heavy (non-hydrogen) atoms. The SMILES string of the molecule is Cc1nc(N(CCCNC(=O)OC(C)(C)C)C(=O)Nc2ccc(N3CCCC3)cc2)sc1S(=O)(=O)NCC(F)(F)F. The number of halogens is 3. The van der Waals surface area contributed by atoms with Crippen LogP contribution in [0.5, 0.6) is 0 Å². The maximum atomic E-state index is 13.3. The Morgan fingerprint density at radius 1 is 1.12 bits per heavy atom. The molecule has 3 N–H and O–H groups in total. The first-order chi connectivity index (χ1) is 19.0. The van der Waals surface area contributed by atoms with E-state index in [1.165, 1.54) is 16.5 Å². The molecule has 1 saturated heterocycles. The fraction of sp³-hybridized carbons (Fsp3) is 0.560. The first-order valence-corrected chi connectivity index (χ1v) is 15.3. The lowest BCUT2D eigenvalue weighted by molar-refractivity contribution is -0.121. The van der Waals surface area contributed by atoms with Crippen molar-refractivity contribution in [3.8, 4) is 0 Å². The van der Waals surface area contributed by atoms with Gasteiger partial charge in [-0.1, -0.05) is 11.3 Å². The molecule has 0 spiro atoms. The van der Waals surface area contributed by atoms with Gasteiger partial charge in [-0.15, -0.1) is 0 Å². The summed E-state index contributed by atoms with van der Waals surface area (Å²) in [5, 5.41) is 5.32. The van der Waals surface area contributed by atoms with Gasteiger partial charge in [0.15, 0.2) is 9.34 Å². The summed E-state index contributed by atoms with van der Waals surface area (Å²) in [6.07, 6.45) is -2.90. The van der Waals surface area contributed by atoms with Crippen LogP contribution in [0, 0.1) is 6.92 Å². The van der Waals surface area contributed by atoms with Crippen molar-refractivity contribution >= 4 is 50.0 Å². The van der Waals surface area contributed by atoms with Crippen molar-refractivity contribution in [2.75, 3.05) is 47.8 Å². The summed E-state index contributed by atoms with van der Waals surface area (Å²) in [5.74, 6) is 0. The summed E-state index contributed by atoms with van der Waals surface area (Å²) >= 11 is 0.573. The number of amides is 3. The molecule has 0 bridgehead atoms. The Bertz CT molecular complexity index is 1300. The number of hydrogen-bond donors (Lipinski definition) is 3. The Balaban J connectivity index is 1.76. The number of nitrogens with zero attached hydrogens (tertiary/aromatic N) is 3. The molecule has 0 aliphatic carbocycles. The number of hydrogen-bond acceptors (Lipinski definition) is 8. The Kier molecular flexibility index (Phi) is 10.5. The lowest BCUT2D eigenvalue weighted by atomic mass is 10.2. The van der Waals surface area contributed by atoms with Crippen LogP contribution in [0.3, 0.4) is 0 Å². The number of ether oxygens (including phenoxy) is 1. The molecule has 1 fully saturated rings. The quantitative estimate of drug-likeness (QED) is 0.324. The van der Waals surface area contributed by atoms with Gasteiger partial charge in [0.2, 0.25) is 0 Å². The predicted octanol–water partition coefficient (Wildman–Crippen LogP) is 4.85. The minimum Gasteiger partial charge on any atom is -0.444 e. The molecule has 2 aromatic rings. The molecule has 3 amide bonds. The maximum Gasteiger partial charge on any atom is 0.407 e. The van der Waals surface area contributed by atoms with E-state index in [-0.39, 0.29) is 30.3 Å². The highest BCUT2D eigenvalue weighted by molar-refractivity contribution is 7.91. The summed E-state index contributed by atoms with van der Waals surface area (Å²) in [6.45, 7) is 6.81. The highest BCUT2D eigenvalue weighted by atomic mass is 32.2. The van der Waals surface area contributed by atoms with Crippen molar-refractivity contribution in [1.82, 2.24) is 15.0 Å². The first kappa shape index (κ1) is 32.4. The van der Waals surface area contributed by atoms with E-state index < -0.39 is 44.7 Å². The monoisotopic (exact) mass is 620 g/mol. The van der Waals surface area contributed by atoms with Crippen LogP contribution >= 0.6 is 11.3 Å². The number of nitrogens with one attached hydrogen (secondary N) is 3. The predicted molar refractivity (Wildman–Crippen MR) is 151 cm³/mol. The second-order valence-corrected chi connectivity index (χ2v) is 13.4. The van der Waals surface area contributed by atoms with Crippen molar-refractivity contribution in [3.05, 3.63) is 30.0 Å². The number of rotatable bonds is 10. The van der Waals surface area contributed by atoms with E-state index in [4.69, 9.17) is 4.74 Å². The van der Waals surface area contributed by atoms with E-state index in [1.807, 2.05) is 12.1 Å². The van der Waals surface area contributed by atoms with Gasteiger partial charge in [-0.2, -0.15) is 13.2 Å². The lowest BCUT2D eigenvalue weighted by Gasteiger charge is -2.22. The number of alkyl carbamates (subject to hydrolysis) is 1.